The number of nitrogens with one attached hydrogen (secondary N) is 4. The molecule has 1 saturated heterocycles. The summed E-state index contributed by atoms with van der Waals surface area (Å²) in [6.45, 7) is 8.22. The highest BCUT2D eigenvalue weighted by molar-refractivity contribution is 7.99. The lowest BCUT2D eigenvalue weighted by molar-refractivity contribution is 0.0963. The van der Waals surface area contributed by atoms with E-state index in [4.69, 9.17) is 0 Å². The molecule has 1 aromatic heterocycles. The smallest absolute Gasteiger partial charge is 0.251 e. The molecule has 0 aliphatic carbocycles. The van der Waals surface area contributed by atoms with Crippen LogP contribution in [0.15, 0.2) is 23.4 Å². The second-order valence-electron chi connectivity index (χ2n) is 7.54. The number of benzene rings is 1. The lowest BCUT2D eigenvalue weighted by Gasteiger charge is -2.15. The van der Waals surface area contributed by atoms with Crippen molar-refractivity contribution >= 4 is 35.3 Å². The standard InChI is InChI=1S/C20H29N7OS/c1-12(2)11-29-20-26-18(23-15-7-8-22-10-15)25-19(27-20)24-16-9-14(17(28)21-4)6-5-13(16)3/h5-6,9,12,15,22H,7-8,10-11H2,1-4H3,(H,21,28)(H2,23,24,25,26,27)/t15-/m1/s1. The maximum absolute atomic E-state index is 12.0. The summed E-state index contributed by atoms with van der Waals surface area (Å²) in [6.07, 6.45) is 1.04. The fourth-order valence-electron chi connectivity index (χ4n) is 2.91. The van der Waals surface area contributed by atoms with E-state index in [2.05, 4.69) is 50.1 Å². The summed E-state index contributed by atoms with van der Waals surface area (Å²) in [7, 11) is 1.62. The quantitative estimate of drug-likeness (QED) is 0.488. The summed E-state index contributed by atoms with van der Waals surface area (Å²) in [5.74, 6) is 2.38. The summed E-state index contributed by atoms with van der Waals surface area (Å²) >= 11 is 1.62. The van der Waals surface area contributed by atoms with Gasteiger partial charge in [-0.15, -0.1) is 0 Å². The van der Waals surface area contributed by atoms with Crippen molar-refractivity contribution in [2.45, 2.75) is 38.4 Å². The van der Waals surface area contributed by atoms with Crippen LogP contribution in [0.25, 0.3) is 0 Å². The molecule has 9 heteroatoms. The monoisotopic (exact) mass is 415 g/mol. The van der Waals surface area contributed by atoms with Gasteiger partial charge in [-0.1, -0.05) is 31.7 Å². The van der Waals surface area contributed by atoms with Crippen LogP contribution in [-0.4, -0.2) is 52.8 Å². The fraction of sp³-hybridized carbons (Fsp3) is 0.500. The number of nitrogens with zero attached hydrogens (tertiary/aromatic N) is 3. The molecule has 1 aliphatic rings. The maximum atomic E-state index is 12.0. The van der Waals surface area contributed by atoms with Gasteiger partial charge in [-0.2, -0.15) is 15.0 Å². The molecular formula is C20H29N7OS. The Balaban J connectivity index is 1.86. The average molecular weight is 416 g/mol. The predicted octanol–water partition coefficient (Wildman–Crippen LogP) is 2.81. The molecule has 0 saturated carbocycles. The number of amides is 1. The van der Waals surface area contributed by atoms with Crippen LogP contribution < -0.4 is 21.3 Å². The van der Waals surface area contributed by atoms with E-state index in [9.17, 15) is 4.79 Å². The van der Waals surface area contributed by atoms with Crippen molar-refractivity contribution in [3.63, 3.8) is 0 Å². The van der Waals surface area contributed by atoms with Gasteiger partial charge in [0.2, 0.25) is 11.9 Å². The number of thioether (sulfide) groups is 1. The van der Waals surface area contributed by atoms with Gasteiger partial charge in [0.25, 0.3) is 5.91 Å². The number of carbonyl (C=O) groups is 1. The van der Waals surface area contributed by atoms with Crippen molar-refractivity contribution in [3.05, 3.63) is 29.3 Å². The van der Waals surface area contributed by atoms with E-state index in [1.54, 1.807) is 24.9 Å². The number of aromatic nitrogens is 3. The van der Waals surface area contributed by atoms with Crippen LogP contribution in [0.1, 0.15) is 36.2 Å². The van der Waals surface area contributed by atoms with Crippen LogP contribution in [0.2, 0.25) is 0 Å². The normalized spacial score (nSPS) is 16.1. The SMILES string of the molecule is CNC(=O)c1ccc(C)c(Nc2nc(N[C@@H]3CCNC3)nc(SCC(C)C)n2)c1. The van der Waals surface area contributed by atoms with Gasteiger partial charge in [0.15, 0.2) is 5.16 Å². The van der Waals surface area contributed by atoms with Gasteiger partial charge in [0.1, 0.15) is 0 Å². The van der Waals surface area contributed by atoms with Gasteiger partial charge < -0.3 is 21.3 Å². The molecule has 2 heterocycles. The Morgan fingerprint density at radius 3 is 2.76 bits per heavy atom. The van der Waals surface area contributed by atoms with E-state index in [-0.39, 0.29) is 5.91 Å². The molecule has 1 fully saturated rings. The Morgan fingerprint density at radius 1 is 1.28 bits per heavy atom. The van der Waals surface area contributed by atoms with Crippen LogP contribution in [0.5, 0.6) is 0 Å². The van der Waals surface area contributed by atoms with Gasteiger partial charge >= 0.3 is 0 Å². The molecule has 0 radical (unpaired) electrons. The van der Waals surface area contributed by atoms with Gasteiger partial charge in [-0.05, 0) is 43.5 Å². The molecular weight excluding hydrogens is 386 g/mol. The predicted molar refractivity (Wildman–Crippen MR) is 118 cm³/mol. The number of aryl methyl sites for hydroxylation is 1. The Labute approximate surface area is 176 Å². The highest BCUT2D eigenvalue weighted by atomic mass is 32.2. The van der Waals surface area contributed by atoms with Crippen molar-refractivity contribution in [1.82, 2.24) is 25.6 Å². The van der Waals surface area contributed by atoms with Crippen molar-refractivity contribution < 1.29 is 4.79 Å². The lowest BCUT2D eigenvalue weighted by atomic mass is 10.1. The number of anilines is 3. The van der Waals surface area contributed by atoms with Crippen molar-refractivity contribution in [2.75, 3.05) is 36.5 Å². The molecule has 2 aromatic rings. The third-order valence-electron chi connectivity index (χ3n) is 4.53. The minimum Gasteiger partial charge on any atom is -0.355 e. The van der Waals surface area contributed by atoms with Crippen LogP contribution in [0.4, 0.5) is 17.6 Å². The molecule has 4 N–H and O–H groups in total. The summed E-state index contributed by atoms with van der Waals surface area (Å²) in [6, 6.07) is 5.83. The number of hydrogen-bond donors (Lipinski definition) is 4. The zero-order chi connectivity index (χ0) is 20.8. The molecule has 0 bridgehead atoms. The molecule has 1 atom stereocenters. The highest BCUT2D eigenvalue weighted by Crippen LogP contribution is 2.24. The number of hydrogen-bond acceptors (Lipinski definition) is 8. The Hall–Kier alpha value is -2.39. The third-order valence-corrected chi connectivity index (χ3v) is 5.80. The topological polar surface area (TPSA) is 104 Å². The Bertz CT molecular complexity index is 853. The van der Waals surface area contributed by atoms with Crippen molar-refractivity contribution in [2.24, 2.45) is 5.92 Å². The largest absolute Gasteiger partial charge is 0.355 e. The number of rotatable bonds is 8. The molecule has 0 spiro atoms. The summed E-state index contributed by atoms with van der Waals surface area (Å²) in [5, 5.41) is 13.4. The maximum Gasteiger partial charge on any atom is 0.251 e. The average Bonchev–Trinajstić information content (AvgIpc) is 3.20. The van der Waals surface area contributed by atoms with Crippen molar-refractivity contribution in [3.8, 4) is 0 Å². The Morgan fingerprint density at radius 2 is 2.07 bits per heavy atom. The third kappa shape index (κ3) is 6.04. The fourth-order valence-corrected chi connectivity index (χ4v) is 3.69. The van der Waals surface area contributed by atoms with E-state index in [0.717, 1.165) is 36.5 Å². The molecule has 156 valence electrons. The summed E-state index contributed by atoms with van der Waals surface area (Å²) in [4.78, 5) is 25.7. The van der Waals surface area contributed by atoms with E-state index in [1.807, 2.05) is 19.1 Å². The van der Waals surface area contributed by atoms with Gasteiger partial charge in [-0.3, -0.25) is 4.79 Å². The van der Waals surface area contributed by atoms with Crippen LogP contribution in [0.3, 0.4) is 0 Å². The zero-order valence-electron chi connectivity index (χ0n) is 17.4. The first-order valence-electron chi connectivity index (χ1n) is 9.90. The van der Waals surface area contributed by atoms with E-state index < -0.39 is 0 Å². The molecule has 1 aromatic carbocycles. The first-order valence-corrected chi connectivity index (χ1v) is 10.9. The molecule has 8 nitrogen and oxygen atoms in total. The summed E-state index contributed by atoms with van der Waals surface area (Å²) < 4.78 is 0. The second kappa shape index (κ2) is 9.89. The summed E-state index contributed by atoms with van der Waals surface area (Å²) in [5.41, 5.74) is 2.38. The van der Waals surface area contributed by atoms with Gasteiger partial charge in [0.05, 0.1) is 0 Å². The molecule has 1 aliphatic heterocycles. The van der Waals surface area contributed by atoms with Gasteiger partial charge in [-0.25, -0.2) is 0 Å². The minimum absolute atomic E-state index is 0.132. The van der Waals surface area contributed by atoms with Crippen LogP contribution >= 0.6 is 11.8 Å². The first-order chi connectivity index (χ1) is 13.9. The van der Waals surface area contributed by atoms with Gasteiger partial charge in [0, 0.05) is 36.6 Å². The highest BCUT2D eigenvalue weighted by Gasteiger charge is 2.17. The molecule has 0 unspecified atom stereocenters. The lowest BCUT2D eigenvalue weighted by Crippen LogP contribution is -2.24. The first kappa shape index (κ1) is 21.3. The molecule has 29 heavy (non-hydrogen) atoms. The second-order valence-corrected chi connectivity index (χ2v) is 8.53. The minimum atomic E-state index is -0.132. The Kier molecular flexibility index (Phi) is 7.27. The van der Waals surface area contributed by atoms with E-state index in [1.165, 1.54) is 0 Å². The zero-order valence-corrected chi connectivity index (χ0v) is 18.2. The van der Waals surface area contributed by atoms with Crippen molar-refractivity contribution in [1.29, 1.82) is 0 Å². The number of carbonyl (C=O) groups excluding carboxylic acids is 1. The van der Waals surface area contributed by atoms with Crippen LogP contribution in [-0.2, 0) is 0 Å². The molecule has 3 rings (SSSR count). The van der Waals surface area contributed by atoms with E-state index >= 15 is 0 Å². The molecule has 1 amide bonds. The van der Waals surface area contributed by atoms with Crippen LogP contribution in [0, 0.1) is 12.8 Å². The van der Waals surface area contributed by atoms with E-state index in [0.29, 0.717) is 34.6 Å².